The summed E-state index contributed by atoms with van der Waals surface area (Å²) in [6, 6.07) is 12.0. The number of rotatable bonds is 6. The van der Waals surface area contributed by atoms with Crippen LogP contribution in [0.3, 0.4) is 0 Å². The molecule has 0 fully saturated rings. The summed E-state index contributed by atoms with van der Waals surface area (Å²) in [7, 11) is 0. The maximum atomic E-state index is 12.1. The van der Waals surface area contributed by atoms with Crippen LogP contribution in [0.5, 0.6) is 0 Å². The third-order valence-electron chi connectivity index (χ3n) is 4.22. The van der Waals surface area contributed by atoms with Gasteiger partial charge in [0, 0.05) is 11.3 Å². The molecule has 136 valence electrons. The fourth-order valence-corrected chi connectivity index (χ4v) is 2.38. The van der Waals surface area contributed by atoms with E-state index in [1.807, 2.05) is 19.9 Å². The Balaban J connectivity index is 1.94. The van der Waals surface area contributed by atoms with Gasteiger partial charge < -0.3 is 15.7 Å². The summed E-state index contributed by atoms with van der Waals surface area (Å²) in [6.07, 6.45) is 0. The molecule has 2 rings (SSSR count). The first-order valence-corrected chi connectivity index (χ1v) is 8.26. The van der Waals surface area contributed by atoms with E-state index in [1.54, 1.807) is 43.3 Å². The lowest BCUT2D eigenvalue weighted by Gasteiger charge is -2.11. The van der Waals surface area contributed by atoms with Gasteiger partial charge >= 0.3 is 5.97 Å². The molecule has 6 heteroatoms. The van der Waals surface area contributed by atoms with Crippen molar-refractivity contribution in [2.24, 2.45) is 0 Å². The van der Waals surface area contributed by atoms with Crippen molar-refractivity contribution in [2.75, 3.05) is 11.9 Å². The first-order valence-electron chi connectivity index (χ1n) is 8.26. The molecular formula is C20H22N2O4. The minimum atomic E-state index is -0.936. The number of aryl methyl sites for hydroxylation is 2. The molecule has 0 spiro atoms. The van der Waals surface area contributed by atoms with Gasteiger partial charge in [0.05, 0.1) is 12.5 Å². The van der Waals surface area contributed by atoms with E-state index in [1.165, 1.54) is 0 Å². The SMILES string of the molecule is Cc1ccc(C(=O)NCC(=O)Nc2cccc(C(C)C(=O)O)c2)cc1C. The van der Waals surface area contributed by atoms with Gasteiger partial charge in [0.25, 0.3) is 5.91 Å². The lowest BCUT2D eigenvalue weighted by atomic mass is 10.0. The first-order chi connectivity index (χ1) is 12.3. The van der Waals surface area contributed by atoms with Crippen LogP contribution in [-0.2, 0) is 9.59 Å². The highest BCUT2D eigenvalue weighted by Crippen LogP contribution is 2.19. The summed E-state index contributed by atoms with van der Waals surface area (Å²) < 4.78 is 0. The van der Waals surface area contributed by atoms with Gasteiger partial charge in [-0.2, -0.15) is 0 Å². The van der Waals surface area contributed by atoms with E-state index in [0.29, 0.717) is 16.8 Å². The molecule has 1 unspecified atom stereocenters. The number of benzene rings is 2. The Bertz CT molecular complexity index is 845. The number of nitrogens with one attached hydrogen (secondary N) is 2. The van der Waals surface area contributed by atoms with Gasteiger partial charge in [-0.1, -0.05) is 18.2 Å². The standard InChI is InChI=1S/C20H22N2O4/c1-12-7-8-16(9-13(12)2)19(24)21-11-18(23)22-17-6-4-5-15(10-17)14(3)20(25)26/h4-10,14H,11H2,1-3H3,(H,21,24)(H,22,23)(H,25,26). The van der Waals surface area contributed by atoms with Gasteiger partial charge in [-0.05, 0) is 61.7 Å². The molecule has 3 N–H and O–H groups in total. The average Bonchev–Trinajstić information content (AvgIpc) is 2.61. The smallest absolute Gasteiger partial charge is 0.310 e. The molecule has 2 amide bonds. The second-order valence-electron chi connectivity index (χ2n) is 6.22. The average molecular weight is 354 g/mol. The highest BCUT2D eigenvalue weighted by Gasteiger charge is 2.14. The molecule has 0 saturated heterocycles. The molecule has 2 aromatic carbocycles. The Morgan fingerprint density at radius 2 is 1.77 bits per heavy atom. The van der Waals surface area contributed by atoms with Crippen LogP contribution in [0.4, 0.5) is 5.69 Å². The van der Waals surface area contributed by atoms with Gasteiger partial charge in [0.2, 0.25) is 5.91 Å². The monoisotopic (exact) mass is 354 g/mol. The highest BCUT2D eigenvalue weighted by atomic mass is 16.4. The number of hydrogen-bond donors (Lipinski definition) is 3. The van der Waals surface area contributed by atoms with E-state index in [0.717, 1.165) is 11.1 Å². The van der Waals surface area contributed by atoms with E-state index >= 15 is 0 Å². The van der Waals surface area contributed by atoms with E-state index < -0.39 is 11.9 Å². The number of carboxylic acid groups (broad SMARTS) is 1. The lowest BCUT2D eigenvalue weighted by Crippen LogP contribution is -2.32. The zero-order valence-electron chi connectivity index (χ0n) is 15.0. The summed E-state index contributed by atoms with van der Waals surface area (Å²) in [6.45, 7) is 5.28. The molecule has 0 aliphatic carbocycles. The van der Waals surface area contributed by atoms with Gasteiger partial charge in [-0.3, -0.25) is 14.4 Å². The Hall–Kier alpha value is -3.15. The lowest BCUT2D eigenvalue weighted by molar-refractivity contribution is -0.138. The minimum Gasteiger partial charge on any atom is -0.481 e. The van der Waals surface area contributed by atoms with Crippen LogP contribution in [0.2, 0.25) is 0 Å². The molecule has 1 atom stereocenters. The Kier molecular flexibility index (Phi) is 6.11. The summed E-state index contributed by atoms with van der Waals surface area (Å²) in [5.41, 5.74) is 3.68. The molecule has 0 aliphatic rings. The quantitative estimate of drug-likeness (QED) is 0.743. The molecule has 0 bridgehead atoms. The topological polar surface area (TPSA) is 95.5 Å². The van der Waals surface area contributed by atoms with Crippen LogP contribution in [0.25, 0.3) is 0 Å². The predicted molar refractivity (Wildman–Crippen MR) is 99.4 cm³/mol. The van der Waals surface area contributed by atoms with E-state index in [-0.39, 0.29) is 18.4 Å². The van der Waals surface area contributed by atoms with Crippen molar-refractivity contribution in [2.45, 2.75) is 26.7 Å². The minimum absolute atomic E-state index is 0.176. The normalized spacial score (nSPS) is 11.5. The Labute approximate surface area is 152 Å². The van der Waals surface area contributed by atoms with Crippen LogP contribution < -0.4 is 10.6 Å². The number of carboxylic acids is 1. The second-order valence-corrected chi connectivity index (χ2v) is 6.22. The van der Waals surface area contributed by atoms with Crippen molar-refractivity contribution in [3.05, 3.63) is 64.7 Å². The molecule has 2 aromatic rings. The Morgan fingerprint density at radius 3 is 2.42 bits per heavy atom. The molecule has 26 heavy (non-hydrogen) atoms. The van der Waals surface area contributed by atoms with Gasteiger partial charge in [0.1, 0.15) is 0 Å². The third-order valence-corrected chi connectivity index (χ3v) is 4.22. The maximum absolute atomic E-state index is 12.1. The number of amides is 2. The van der Waals surface area contributed by atoms with Crippen molar-refractivity contribution in [1.29, 1.82) is 0 Å². The molecule has 0 radical (unpaired) electrons. The summed E-state index contributed by atoms with van der Waals surface area (Å²) in [4.78, 5) is 35.2. The number of anilines is 1. The van der Waals surface area contributed by atoms with Gasteiger partial charge in [-0.15, -0.1) is 0 Å². The van der Waals surface area contributed by atoms with Crippen molar-refractivity contribution < 1.29 is 19.5 Å². The molecular weight excluding hydrogens is 332 g/mol. The van der Waals surface area contributed by atoms with Crippen molar-refractivity contribution in [3.8, 4) is 0 Å². The largest absolute Gasteiger partial charge is 0.481 e. The fraction of sp³-hybridized carbons (Fsp3) is 0.250. The van der Waals surface area contributed by atoms with Crippen molar-refractivity contribution in [1.82, 2.24) is 5.32 Å². The fourth-order valence-electron chi connectivity index (χ4n) is 2.38. The molecule has 0 aliphatic heterocycles. The predicted octanol–water partition coefficient (Wildman–Crippen LogP) is 2.86. The molecule has 6 nitrogen and oxygen atoms in total. The molecule has 0 heterocycles. The zero-order chi connectivity index (χ0) is 19.3. The molecule has 0 saturated carbocycles. The number of aliphatic carboxylic acids is 1. The summed E-state index contributed by atoms with van der Waals surface area (Å²) in [5.74, 6) is -2.32. The number of carbonyl (C=O) groups excluding carboxylic acids is 2. The van der Waals surface area contributed by atoms with Crippen LogP contribution in [0.1, 0.15) is 39.9 Å². The zero-order valence-corrected chi connectivity index (χ0v) is 15.0. The van der Waals surface area contributed by atoms with Gasteiger partial charge in [-0.25, -0.2) is 0 Å². The summed E-state index contributed by atoms with van der Waals surface area (Å²) in [5, 5.41) is 14.3. The van der Waals surface area contributed by atoms with Crippen molar-refractivity contribution >= 4 is 23.5 Å². The first kappa shape index (κ1) is 19.2. The van der Waals surface area contributed by atoms with E-state index in [9.17, 15) is 14.4 Å². The van der Waals surface area contributed by atoms with Crippen molar-refractivity contribution in [3.63, 3.8) is 0 Å². The third kappa shape index (κ3) is 4.92. The van der Waals surface area contributed by atoms with Gasteiger partial charge in [0.15, 0.2) is 0 Å². The number of hydrogen-bond acceptors (Lipinski definition) is 3. The highest BCUT2D eigenvalue weighted by molar-refractivity contribution is 5.99. The van der Waals surface area contributed by atoms with Crippen LogP contribution in [0, 0.1) is 13.8 Å². The van der Waals surface area contributed by atoms with Crippen LogP contribution >= 0.6 is 0 Å². The van der Waals surface area contributed by atoms with Crippen LogP contribution in [-0.4, -0.2) is 29.4 Å². The summed E-state index contributed by atoms with van der Waals surface area (Å²) >= 11 is 0. The van der Waals surface area contributed by atoms with Crippen LogP contribution in [0.15, 0.2) is 42.5 Å². The second kappa shape index (κ2) is 8.29. The molecule has 0 aromatic heterocycles. The Morgan fingerprint density at radius 1 is 1.04 bits per heavy atom. The van der Waals surface area contributed by atoms with E-state index in [4.69, 9.17) is 5.11 Å². The van der Waals surface area contributed by atoms with E-state index in [2.05, 4.69) is 10.6 Å². The maximum Gasteiger partial charge on any atom is 0.310 e. The number of carbonyl (C=O) groups is 3.